The van der Waals surface area contributed by atoms with Gasteiger partial charge in [-0.15, -0.1) is 0 Å². The minimum Gasteiger partial charge on any atom is -0.462 e. The van der Waals surface area contributed by atoms with E-state index in [2.05, 4.69) is 4.98 Å². The summed E-state index contributed by atoms with van der Waals surface area (Å²) >= 11 is 0. The van der Waals surface area contributed by atoms with Crippen LogP contribution in [0.3, 0.4) is 0 Å². The molecule has 0 radical (unpaired) electrons. The molecule has 2 rings (SSSR count). The highest BCUT2D eigenvalue weighted by Crippen LogP contribution is 2.22. The number of nitrogens with two attached hydrogens (primary N) is 1. The zero-order chi connectivity index (χ0) is 13.5. The van der Waals surface area contributed by atoms with Crippen molar-refractivity contribution in [2.24, 2.45) is 0 Å². The third-order valence-electron chi connectivity index (χ3n) is 2.31. The maximum absolute atomic E-state index is 11.6. The van der Waals surface area contributed by atoms with Crippen molar-refractivity contribution in [2.75, 3.05) is 12.3 Å². The monoisotopic (exact) mass is 246 g/mol. The fourth-order valence-corrected chi connectivity index (χ4v) is 1.53. The number of aromatic nitrogens is 1. The number of nitrogen functional groups attached to an aromatic ring is 1. The van der Waals surface area contributed by atoms with E-state index in [1.165, 1.54) is 6.20 Å². The Morgan fingerprint density at radius 3 is 2.67 bits per heavy atom. The average Bonchev–Trinajstić information content (AvgIpc) is 2.42. The summed E-state index contributed by atoms with van der Waals surface area (Å²) in [7, 11) is 0. The summed E-state index contributed by atoms with van der Waals surface area (Å²) in [6.07, 6.45) is 1.45. The zero-order valence-corrected chi connectivity index (χ0v) is 10.9. The summed E-state index contributed by atoms with van der Waals surface area (Å²) in [5.74, 6) is -0.432. The van der Waals surface area contributed by atoms with E-state index in [9.17, 15) is 4.79 Å². The van der Waals surface area contributed by atoms with Gasteiger partial charge in [0.15, 0.2) is 0 Å². The highest BCUT2D eigenvalue weighted by Gasteiger charge is 2.13. The van der Waals surface area contributed by atoms with Gasteiger partial charge in [-0.2, -0.15) is 0 Å². The number of nitrogens with zero attached hydrogens (tertiary/aromatic N) is 1. The summed E-state index contributed by atoms with van der Waals surface area (Å²) in [5, 5.41) is 0.771. The number of pyridine rings is 1. The minimum absolute atomic E-state index is 0.320. The Labute approximate surface area is 107 Å². The molecule has 1 aromatic heterocycles. The molecule has 18 heavy (non-hydrogen) atoms. The molecule has 2 aromatic rings. The van der Waals surface area contributed by atoms with Crippen LogP contribution in [0.1, 0.15) is 31.1 Å². The van der Waals surface area contributed by atoms with Crippen LogP contribution in [0.4, 0.5) is 5.69 Å². The van der Waals surface area contributed by atoms with Crippen LogP contribution >= 0.6 is 0 Å². The molecule has 0 spiro atoms. The second-order valence-corrected chi connectivity index (χ2v) is 3.32. The number of anilines is 1. The van der Waals surface area contributed by atoms with Gasteiger partial charge in [0, 0.05) is 11.6 Å². The van der Waals surface area contributed by atoms with Crippen molar-refractivity contribution in [3.05, 3.63) is 36.0 Å². The van der Waals surface area contributed by atoms with Crippen molar-refractivity contribution < 1.29 is 9.53 Å². The first-order chi connectivity index (χ1) is 8.74. The molecule has 0 atom stereocenters. The van der Waals surface area contributed by atoms with Gasteiger partial charge in [0.1, 0.15) is 5.56 Å². The Balaban J connectivity index is 0.000000771. The van der Waals surface area contributed by atoms with E-state index in [0.717, 1.165) is 10.9 Å². The second kappa shape index (κ2) is 6.59. The number of hydrogen-bond donors (Lipinski definition) is 1. The van der Waals surface area contributed by atoms with Crippen LogP contribution in [0, 0.1) is 0 Å². The van der Waals surface area contributed by atoms with E-state index in [0.29, 0.717) is 17.9 Å². The van der Waals surface area contributed by atoms with Crippen LogP contribution in [0.5, 0.6) is 0 Å². The van der Waals surface area contributed by atoms with E-state index >= 15 is 0 Å². The van der Waals surface area contributed by atoms with Gasteiger partial charge in [0.05, 0.1) is 17.8 Å². The van der Waals surface area contributed by atoms with Gasteiger partial charge >= 0.3 is 5.97 Å². The van der Waals surface area contributed by atoms with Gasteiger partial charge in [-0.05, 0) is 13.0 Å². The number of ether oxygens (including phenoxy) is 1. The van der Waals surface area contributed by atoms with Crippen molar-refractivity contribution >= 4 is 22.6 Å². The summed E-state index contributed by atoms with van der Waals surface area (Å²) in [6.45, 7) is 6.08. The predicted molar refractivity (Wildman–Crippen MR) is 73.5 cm³/mol. The van der Waals surface area contributed by atoms with Crippen LogP contribution in [-0.2, 0) is 4.74 Å². The quantitative estimate of drug-likeness (QED) is 0.827. The van der Waals surface area contributed by atoms with Crippen molar-refractivity contribution in [1.82, 2.24) is 4.98 Å². The Kier molecular flexibility index (Phi) is 5.11. The molecule has 0 saturated carbocycles. The van der Waals surface area contributed by atoms with E-state index in [1.807, 2.05) is 38.1 Å². The van der Waals surface area contributed by atoms with Crippen LogP contribution in [-0.4, -0.2) is 17.6 Å². The Bertz CT molecular complexity index is 538. The number of benzene rings is 1. The molecular weight excluding hydrogens is 228 g/mol. The summed E-state index contributed by atoms with van der Waals surface area (Å²) < 4.78 is 4.90. The lowest BCUT2D eigenvalue weighted by Gasteiger charge is -2.07. The fraction of sp³-hybridized carbons (Fsp3) is 0.286. The zero-order valence-electron chi connectivity index (χ0n) is 10.9. The largest absolute Gasteiger partial charge is 0.462 e. The third kappa shape index (κ3) is 2.77. The summed E-state index contributed by atoms with van der Waals surface area (Å²) in [5.41, 5.74) is 7.42. The van der Waals surface area contributed by atoms with Gasteiger partial charge in [-0.1, -0.05) is 32.0 Å². The fourth-order valence-electron chi connectivity index (χ4n) is 1.53. The second-order valence-electron chi connectivity index (χ2n) is 3.32. The molecule has 2 N–H and O–H groups in total. The molecule has 4 nitrogen and oxygen atoms in total. The first kappa shape index (κ1) is 14.0. The van der Waals surface area contributed by atoms with Crippen molar-refractivity contribution in [3.8, 4) is 0 Å². The molecule has 1 aromatic carbocycles. The number of esters is 1. The molecule has 0 unspecified atom stereocenters. The molecule has 0 aliphatic heterocycles. The molecule has 0 aliphatic carbocycles. The van der Waals surface area contributed by atoms with Crippen molar-refractivity contribution in [3.63, 3.8) is 0 Å². The van der Waals surface area contributed by atoms with Crippen LogP contribution in [0.2, 0.25) is 0 Å². The standard InChI is InChI=1S/C12H12N2O2.C2H6/c1-2-16-12(15)9-7-14-10-6-4-3-5-8(10)11(9)13;1-2/h3-7H,2H2,1H3,(H2,13,14);1-2H3. The lowest BCUT2D eigenvalue weighted by atomic mass is 10.1. The topological polar surface area (TPSA) is 65.2 Å². The van der Waals surface area contributed by atoms with Crippen molar-refractivity contribution in [2.45, 2.75) is 20.8 Å². The number of carbonyl (C=O) groups excluding carboxylic acids is 1. The van der Waals surface area contributed by atoms with Crippen molar-refractivity contribution in [1.29, 1.82) is 0 Å². The lowest BCUT2D eigenvalue weighted by molar-refractivity contribution is 0.0527. The van der Waals surface area contributed by atoms with Gasteiger partial charge in [0.25, 0.3) is 0 Å². The molecule has 0 saturated heterocycles. The smallest absolute Gasteiger partial charge is 0.341 e. The van der Waals surface area contributed by atoms with Crippen LogP contribution in [0.15, 0.2) is 30.5 Å². The number of hydrogen-bond acceptors (Lipinski definition) is 4. The van der Waals surface area contributed by atoms with Crippen LogP contribution in [0.25, 0.3) is 10.9 Å². The Hall–Kier alpha value is -2.10. The van der Waals surface area contributed by atoms with E-state index in [4.69, 9.17) is 10.5 Å². The van der Waals surface area contributed by atoms with E-state index in [1.54, 1.807) is 6.92 Å². The highest BCUT2D eigenvalue weighted by atomic mass is 16.5. The molecule has 0 amide bonds. The number of para-hydroxylation sites is 1. The molecule has 0 aliphatic rings. The van der Waals surface area contributed by atoms with E-state index < -0.39 is 5.97 Å². The number of fused-ring (bicyclic) bond motifs is 1. The molecule has 96 valence electrons. The van der Waals surface area contributed by atoms with Gasteiger partial charge in [-0.3, -0.25) is 4.98 Å². The maximum Gasteiger partial charge on any atom is 0.341 e. The Morgan fingerprint density at radius 1 is 1.33 bits per heavy atom. The molecule has 1 heterocycles. The molecule has 0 bridgehead atoms. The maximum atomic E-state index is 11.6. The molecule has 0 fully saturated rings. The Morgan fingerprint density at radius 2 is 2.00 bits per heavy atom. The number of rotatable bonds is 2. The first-order valence-corrected chi connectivity index (χ1v) is 6.04. The third-order valence-corrected chi connectivity index (χ3v) is 2.31. The SMILES string of the molecule is CC.CCOC(=O)c1cnc2ccccc2c1N. The minimum atomic E-state index is -0.432. The molecule has 4 heteroatoms. The first-order valence-electron chi connectivity index (χ1n) is 6.04. The highest BCUT2D eigenvalue weighted by molar-refractivity contribution is 6.03. The predicted octanol–water partition coefficient (Wildman–Crippen LogP) is 3.02. The van der Waals surface area contributed by atoms with Gasteiger partial charge < -0.3 is 10.5 Å². The lowest BCUT2D eigenvalue weighted by Crippen LogP contribution is -2.09. The van der Waals surface area contributed by atoms with Gasteiger partial charge in [0.2, 0.25) is 0 Å². The number of carbonyl (C=O) groups is 1. The van der Waals surface area contributed by atoms with E-state index in [-0.39, 0.29) is 0 Å². The summed E-state index contributed by atoms with van der Waals surface area (Å²) in [6, 6.07) is 7.41. The summed E-state index contributed by atoms with van der Waals surface area (Å²) in [4.78, 5) is 15.7. The molecular formula is C14H18N2O2. The normalized spacial score (nSPS) is 9.50. The average molecular weight is 246 g/mol. The van der Waals surface area contributed by atoms with Crippen LogP contribution < -0.4 is 5.73 Å². The van der Waals surface area contributed by atoms with Gasteiger partial charge in [-0.25, -0.2) is 4.79 Å².